The molecule has 1 rings (SSSR count). The lowest BCUT2D eigenvalue weighted by Gasteiger charge is -2.04. The summed E-state index contributed by atoms with van der Waals surface area (Å²) in [4.78, 5) is 0. The molecular formula is C9H13N. The van der Waals surface area contributed by atoms with Crippen LogP contribution in [-0.2, 0) is 0 Å². The van der Waals surface area contributed by atoms with Gasteiger partial charge < -0.3 is 5.32 Å². The van der Waals surface area contributed by atoms with Crippen molar-refractivity contribution in [1.29, 1.82) is 0 Å². The molecule has 0 aromatic heterocycles. The van der Waals surface area contributed by atoms with Crippen molar-refractivity contribution >= 4 is 0 Å². The Labute approximate surface area is 62.1 Å². The zero-order valence-electron chi connectivity index (χ0n) is 6.35. The highest BCUT2D eigenvalue weighted by molar-refractivity contribution is 5.24. The smallest absolute Gasteiger partial charge is 0.0363 e. The van der Waals surface area contributed by atoms with Crippen LogP contribution in [0.5, 0.6) is 0 Å². The Kier molecular flexibility index (Phi) is 2.32. The van der Waals surface area contributed by atoms with E-state index >= 15 is 0 Å². The minimum Gasteiger partial charge on any atom is -0.385 e. The first kappa shape index (κ1) is 7.13. The maximum absolute atomic E-state index is 3.76. The van der Waals surface area contributed by atoms with E-state index in [0.29, 0.717) is 0 Å². The predicted octanol–water partition coefficient (Wildman–Crippen LogP) is 2.00. The third-order valence-electron chi connectivity index (χ3n) is 1.47. The molecule has 54 valence electrons. The molecule has 0 aliphatic heterocycles. The lowest BCUT2D eigenvalue weighted by molar-refractivity contribution is 0.862. The maximum atomic E-state index is 3.76. The van der Waals surface area contributed by atoms with Gasteiger partial charge in [0.25, 0.3) is 0 Å². The van der Waals surface area contributed by atoms with E-state index in [0.717, 1.165) is 18.7 Å². The van der Waals surface area contributed by atoms with Crippen molar-refractivity contribution in [3.63, 3.8) is 0 Å². The molecule has 0 aromatic carbocycles. The van der Waals surface area contributed by atoms with Gasteiger partial charge in [-0.15, -0.1) is 0 Å². The van der Waals surface area contributed by atoms with Crippen molar-refractivity contribution in [3.8, 4) is 0 Å². The first-order valence-corrected chi connectivity index (χ1v) is 3.53. The Balaban J connectivity index is 2.21. The van der Waals surface area contributed by atoms with Crippen molar-refractivity contribution in [2.75, 3.05) is 6.54 Å². The molecule has 1 aliphatic carbocycles. The van der Waals surface area contributed by atoms with Crippen LogP contribution in [0.3, 0.4) is 0 Å². The van der Waals surface area contributed by atoms with Gasteiger partial charge in [-0.2, -0.15) is 0 Å². The van der Waals surface area contributed by atoms with E-state index in [-0.39, 0.29) is 0 Å². The molecule has 1 aliphatic rings. The van der Waals surface area contributed by atoms with Gasteiger partial charge in [0.1, 0.15) is 0 Å². The van der Waals surface area contributed by atoms with Crippen LogP contribution in [0.2, 0.25) is 0 Å². The first-order valence-electron chi connectivity index (χ1n) is 3.53. The topological polar surface area (TPSA) is 12.0 Å². The van der Waals surface area contributed by atoms with Gasteiger partial charge in [-0.25, -0.2) is 0 Å². The monoisotopic (exact) mass is 135 g/mol. The van der Waals surface area contributed by atoms with Gasteiger partial charge in [0.05, 0.1) is 0 Å². The van der Waals surface area contributed by atoms with Crippen LogP contribution < -0.4 is 5.32 Å². The summed E-state index contributed by atoms with van der Waals surface area (Å²) >= 11 is 0. The van der Waals surface area contributed by atoms with Crippen LogP contribution >= 0.6 is 0 Å². The molecule has 0 saturated heterocycles. The quantitative estimate of drug-likeness (QED) is 0.624. The Hall–Kier alpha value is -0.980. The highest BCUT2D eigenvalue weighted by Crippen LogP contribution is 2.08. The van der Waals surface area contributed by atoms with Gasteiger partial charge in [-0.05, 0) is 18.9 Å². The summed E-state index contributed by atoms with van der Waals surface area (Å²) in [7, 11) is 0. The van der Waals surface area contributed by atoms with Gasteiger partial charge in [0.15, 0.2) is 0 Å². The summed E-state index contributed by atoms with van der Waals surface area (Å²) < 4.78 is 0. The van der Waals surface area contributed by atoms with Crippen LogP contribution in [0.15, 0.2) is 36.1 Å². The SMILES string of the molecule is C=C(C)NCC1=CC=CC1. The average Bonchev–Trinajstić information content (AvgIpc) is 2.34. The van der Waals surface area contributed by atoms with Crippen LogP contribution in [0.25, 0.3) is 0 Å². The third-order valence-corrected chi connectivity index (χ3v) is 1.47. The highest BCUT2D eigenvalue weighted by atomic mass is 14.9. The molecule has 1 N–H and O–H groups in total. The van der Waals surface area contributed by atoms with Crippen LogP contribution in [-0.4, -0.2) is 6.54 Å². The molecule has 0 bridgehead atoms. The lowest BCUT2D eigenvalue weighted by atomic mass is 10.2. The predicted molar refractivity (Wildman–Crippen MR) is 44.7 cm³/mol. The molecule has 0 amide bonds. The molecule has 0 unspecified atom stereocenters. The molecule has 0 fully saturated rings. The summed E-state index contributed by atoms with van der Waals surface area (Å²) in [5.41, 5.74) is 2.47. The second-order valence-electron chi connectivity index (χ2n) is 2.59. The molecule has 0 heterocycles. The molecule has 0 saturated carbocycles. The van der Waals surface area contributed by atoms with Crippen molar-refractivity contribution < 1.29 is 0 Å². The average molecular weight is 135 g/mol. The van der Waals surface area contributed by atoms with Gasteiger partial charge in [0.2, 0.25) is 0 Å². The zero-order valence-corrected chi connectivity index (χ0v) is 6.35. The number of allylic oxidation sites excluding steroid dienone is 4. The van der Waals surface area contributed by atoms with E-state index in [4.69, 9.17) is 0 Å². The maximum Gasteiger partial charge on any atom is 0.0363 e. The van der Waals surface area contributed by atoms with E-state index in [2.05, 4.69) is 30.1 Å². The molecule has 0 atom stereocenters. The number of hydrogen-bond donors (Lipinski definition) is 1. The Morgan fingerprint density at radius 3 is 3.10 bits per heavy atom. The van der Waals surface area contributed by atoms with Gasteiger partial charge >= 0.3 is 0 Å². The fourth-order valence-electron chi connectivity index (χ4n) is 0.887. The molecular weight excluding hydrogens is 122 g/mol. The van der Waals surface area contributed by atoms with Crippen molar-refractivity contribution in [2.24, 2.45) is 0 Å². The fraction of sp³-hybridized carbons (Fsp3) is 0.333. The molecule has 10 heavy (non-hydrogen) atoms. The van der Waals surface area contributed by atoms with Crippen molar-refractivity contribution in [1.82, 2.24) is 5.32 Å². The van der Waals surface area contributed by atoms with Gasteiger partial charge in [-0.1, -0.05) is 24.8 Å². The lowest BCUT2D eigenvalue weighted by Crippen LogP contribution is -2.12. The summed E-state index contributed by atoms with van der Waals surface area (Å²) in [5, 5.41) is 3.18. The van der Waals surface area contributed by atoms with E-state index < -0.39 is 0 Å². The van der Waals surface area contributed by atoms with E-state index in [1.807, 2.05) is 6.92 Å². The summed E-state index contributed by atoms with van der Waals surface area (Å²) in [6.45, 7) is 6.68. The Morgan fingerprint density at radius 1 is 1.80 bits per heavy atom. The third kappa shape index (κ3) is 2.09. The second kappa shape index (κ2) is 3.25. The molecule has 0 radical (unpaired) electrons. The minimum atomic E-state index is 0.947. The number of nitrogens with one attached hydrogen (secondary N) is 1. The molecule has 0 spiro atoms. The fourth-order valence-corrected chi connectivity index (χ4v) is 0.887. The summed E-state index contributed by atoms with van der Waals surface area (Å²) in [5.74, 6) is 0. The van der Waals surface area contributed by atoms with E-state index in [1.54, 1.807) is 0 Å². The summed E-state index contributed by atoms with van der Waals surface area (Å²) in [6, 6.07) is 0. The first-order chi connectivity index (χ1) is 4.79. The van der Waals surface area contributed by atoms with Crippen molar-refractivity contribution in [2.45, 2.75) is 13.3 Å². The second-order valence-corrected chi connectivity index (χ2v) is 2.59. The van der Waals surface area contributed by atoms with Crippen LogP contribution in [0, 0.1) is 0 Å². The Morgan fingerprint density at radius 2 is 2.60 bits per heavy atom. The standard InChI is InChI=1S/C9H13N/c1-8(2)10-7-9-5-3-4-6-9/h3-5,10H,1,6-7H2,2H3. The minimum absolute atomic E-state index is 0.947. The number of rotatable bonds is 3. The number of hydrogen-bond acceptors (Lipinski definition) is 1. The zero-order chi connectivity index (χ0) is 7.40. The summed E-state index contributed by atoms with van der Waals surface area (Å²) in [6.07, 6.45) is 7.50. The van der Waals surface area contributed by atoms with E-state index in [1.165, 1.54) is 5.57 Å². The molecule has 0 aromatic rings. The normalized spacial score (nSPS) is 15.1. The van der Waals surface area contributed by atoms with Gasteiger partial charge in [0, 0.05) is 12.2 Å². The van der Waals surface area contributed by atoms with E-state index in [9.17, 15) is 0 Å². The van der Waals surface area contributed by atoms with Gasteiger partial charge in [-0.3, -0.25) is 0 Å². The molecule has 1 heteroatoms. The Bertz CT molecular complexity index is 187. The van der Waals surface area contributed by atoms with Crippen molar-refractivity contribution in [3.05, 3.63) is 36.1 Å². The van der Waals surface area contributed by atoms with Crippen LogP contribution in [0.1, 0.15) is 13.3 Å². The van der Waals surface area contributed by atoms with Crippen LogP contribution in [0.4, 0.5) is 0 Å². The largest absolute Gasteiger partial charge is 0.385 e. The highest BCUT2D eigenvalue weighted by Gasteiger charge is 1.96. The molecule has 1 nitrogen and oxygen atoms in total.